The lowest BCUT2D eigenvalue weighted by Crippen LogP contribution is -2.37. The molecule has 1 aliphatic heterocycles. The molecule has 27 heavy (non-hydrogen) atoms. The van der Waals surface area contributed by atoms with Crippen molar-refractivity contribution in [2.75, 3.05) is 13.2 Å². The molecule has 1 amide bonds. The van der Waals surface area contributed by atoms with Gasteiger partial charge in [-0.25, -0.2) is 0 Å². The molecule has 1 aliphatic rings. The number of amides is 1. The molecule has 7 nitrogen and oxygen atoms in total. The first kappa shape index (κ1) is 19.1. The highest BCUT2D eigenvalue weighted by atomic mass is 35.5. The monoisotopic (exact) mass is 390 g/mol. The summed E-state index contributed by atoms with van der Waals surface area (Å²) < 4.78 is 5.64. The van der Waals surface area contributed by atoms with E-state index < -0.39 is 4.92 Å². The summed E-state index contributed by atoms with van der Waals surface area (Å²) in [5.41, 5.74) is 0.598. The van der Waals surface area contributed by atoms with Gasteiger partial charge in [0.25, 0.3) is 11.6 Å². The van der Waals surface area contributed by atoms with Gasteiger partial charge < -0.3 is 14.7 Å². The second-order valence-electron chi connectivity index (χ2n) is 6.37. The first-order valence-corrected chi connectivity index (χ1v) is 8.95. The molecule has 0 spiro atoms. The summed E-state index contributed by atoms with van der Waals surface area (Å²) in [6.07, 6.45) is 1.69. The molecule has 0 aromatic heterocycles. The second-order valence-corrected chi connectivity index (χ2v) is 6.78. The lowest BCUT2D eigenvalue weighted by molar-refractivity contribution is -0.384. The number of carbonyl (C=O) groups is 1. The number of phenols is 1. The maximum absolute atomic E-state index is 13.1. The average Bonchev–Trinajstić information content (AvgIpc) is 3.15. The van der Waals surface area contributed by atoms with Crippen LogP contribution in [-0.2, 0) is 11.3 Å². The number of hydrogen-bond donors (Lipinski definition) is 1. The maximum Gasteiger partial charge on any atom is 0.270 e. The van der Waals surface area contributed by atoms with Gasteiger partial charge in [0, 0.05) is 37.4 Å². The van der Waals surface area contributed by atoms with Crippen molar-refractivity contribution in [3.05, 3.63) is 68.7 Å². The van der Waals surface area contributed by atoms with Gasteiger partial charge in [-0.05, 0) is 25.0 Å². The van der Waals surface area contributed by atoms with Crippen molar-refractivity contribution in [2.24, 2.45) is 0 Å². The Hall–Kier alpha value is -2.64. The standard InChI is InChI=1S/C19H19ClN2O5/c20-17-10-14(22(25)26)7-8-16(17)19(24)21(12-15-5-3-9-27-15)11-13-4-1-2-6-18(13)23/h1-2,4,6-8,10,15,23H,3,5,9,11-12H2. The maximum atomic E-state index is 13.1. The number of nitro groups is 1. The van der Waals surface area contributed by atoms with Gasteiger partial charge in [-0.1, -0.05) is 29.8 Å². The number of phenolic OH excluding ortho intramolecular Hbond substituents is 1. The molecular formula is C19H19ClN2O5. The SMILES string of the molecule is O=C(c1ccc([N+](=O)[O-])cc1Cl)N(Cc1ccccc1O)CC1CCCO1. The molecule has 1 unspecified atom stereocenters. The minimum atomic E-state index is -0.563. The van der Waals surface area contributed by atoms with Gasteiger partial charge in [-0.2, -0.15) is 0 Å². The van der Waals surface area contributed by atoms with Gasteiger partial charge in [-0.15, -0.1) is 0 Å². The zero-order valence-corrected chi connectivity index (χ0v) is 15.3. The van der Waals surface area contributed by atoms with Crippen molar-refractivity contribution in [3.63, 3.8) is 0 Å². The van der Waals surface area contributed by atoms with Crippen LogP contribution in [0.1, 0.15) is 28.8 Å². The van der Waals surface area contributed by atoms with Crippen LogP contribution < -0.4 is 0 Å². The quantitative estimate of drug-likeness (QED) is 0.598. The predicted molar refractivity (Wildman–Crippen MR) is 99.9 cm³/mol. The third-order valence-electron chi connectivity index (χ3n) is 4.48. The molecule has 0 aliphatic carbocycles. The highest BCUT2D eigenvalue weighted by Crippen LogP contribution is 2.26. The number of ether oxygens (including phenoxy) is 1. The highest BCUT2D eigenvalue weighted by molar-refractivity contribution is 6.34. The van der Waals surface area contributed by atoms with E-state index in [1.165, 1.54) is 18.2 Å². The Labute approximate surface area is 161 Å². The molecule has 1 fully saturated rings. The number of hydrogen-bond acceptors (Lipinski definition) is 5. The Bertz CT molecular complexity index is 852. The molecule has 1 atom stereocenters. The van der Waals surface area contributed by atoms with Crippen molar-refractivity contribution in [3.8, 4) is 5.75 Å². The van der Waals surface area contributed by atoms with E-state index in [-0.39, 0.29) is 40.6 Å². The van der Waals surface area contributed by atoms with Crippen LogP contribution in [0.2, 0.25) is 5.02 Å². The van der Waals surface area contributed by atoms with Crippen LogP contribution in [0.15, 0.2) is 42.5 Å². The minimum Gasteiger partial charge on any atom is -0.508 e. The number of aromatic hydroxyl groups is 1. The lowest BCUT2D eigenvalue weighted by Gasteiger charge is -2.26. The highest BCUT2D eigenvalue weighted by Gasteiger charge is 2.26. The molecule has 1 heterocycles. The largest absolute Gasteiger partial charge is 0.508 e. The predicted octanol–water partition coefficient (Wildman–Crippen LogP) is 3.78. The lowest BCUT2D eigenvalue weighted by atomic mass is 10.1. The van der Waals surface area contributed by atoms with Gasteiger partial charge in [0.05, 0.1) is 21.6 Å². The molecular weight excluding hydrogens is 372 g/mol. The molecule has 0 saturated carbocycles. The molecule has 1 saturated heterocycles. The number of benzene rings is 2. The van der Waals surface area contributed by atoms with Gasteiger partial charge >= 0.3 is 0 Å². The third kappa shape index (κ3) is 4.56. The summed E-state index contributed by atoms with van der Waals surface area (Å²) in [7, 11) is 0. The normalized spacial score (nSPS) is 16.3. The summed E-state index contributed by atoms with van der Waals surface area (Å²) >= 11 is 6.13. The van der Waals surface area contributed by atoms with Crippen LogP contribution in [-0.4, -0.2) is 40.1 Å². The molecule has 2 aromatic carbocycles. The summed E-state index contributed by atoms with van der Waals surface area (Å²) in [6, 6.07) is 10.6. The number of carbonyl (C=O) groups excluding carboxylic acids is 1. The van der Waals surface area contributed by atoms with Gasteiger partial charge in [0.15, 0.2) is 0 Å². The zero-order valence-electron chi connectivity index (χ0n) is 14.5. The van der Waals surface area contributed by atoms with Crippen LogP contribution in [0.4, 0.5) is 5.69 Å². The number of nitro benzene ring substituents is 1. The second kappa shape index (κ2) is 8.37. The summed E-state index contributed by atoms with van der Waals surface area (Å²) in [5, 5.41) is 21.0. The first-order chi connectivity index (χ1) is 13.0. The van der Waals surface area contributed by atoms with E-state index in [1.54, 1.807) is 29.2 Å². The molecule has 8 heteroatoms. The summed E-state index contributed by atoms with van der Waals surface area (Å²) in [6.45, 7) is 1.18. The average molecular weight is 391 g/mol. The number of non-ortho nitro benzene ring substituents is 1. The zero-order chi connectivity index (χ0) is 19.4. The fraction of sp³-hybridized carbons (Fsp3) is 0.316. The van der Waals surface area contributed by atoms with E-state index in [1.807, 2.05) is 0 Å². The van der Waals surface area contributed by atoms with Crippen LogP contribution in [0.3, 0.4) is 0 Å². The smallest absolute Gasteiger partial charge is 0.270 e. The molecule has 0 bridgehead atoms. The number of nitrogens with zero attached hydrogens (tertiary/aromatic N) is 2. The fourth-order valence-corrected chi connectivity index (χ4v) is 3.32. The van der Waals surface area contributed by atoms with Crippen LogP contribution in [0, 0.1) is 10.1 Å². The number of rotatable bonds is 6. The topological polar surface area (TPSA) is 92.9 Å². The Balaban J connectivity index is 1.88. The minimum absolute atomic E-state index is 0.0174. The Morgan fingerprint density at radius 2 is 2.11 bits per heavy atom. The van der Waals surface area contributed by atoms with Crippen molar-refractivity contribution in [1.29, 1.82) is 0 Å². The van der Waals surface area contributed by atoms with Crippen molar-refractivity contribution < 1.29 is 19.6 Å². The number of halogens is 1. The Kier molecular flexibility index (Phi) is 5.93. The van der Waals surface area contributed by atoms with Crippen molar-refractivity contribution >= 4 is 23.2 Å². The van der Waals surface area contributed by atoms with Crippen LogP contribution in [0.5, 0.6) is 5.75 Å². The van der Waals surface area contributed by atoms with Crippen LogP contribution in [0.25, 0.3) is 0 Å². The molecule has 3 rings (SSSR count). The molecule has 1 N–H and O–H groups in total. The first-order valence-electron chi connectivity index (χ1n) is 8.57. The van der Waals surface area contributed by atoms with E-state index in [0.29, 0.717) is 18.7 Å². The van der Waals surface area contributed by atoms with E-state index in [4.69, 9.17) is 16.3 Å². The van der Waals surface area contributed by atoms with E-state index >= 15 is 0 Å². The van der Waals surface area contributed by atoms with E-state index in [2.05, 4.69) is 0 Å². The summed E-state index contributed by atoms with van der Waals surface area (Å²) in [4.78, 5) is 25.0. The Morgan fingerprint density at radius 3 is 2.74 bits per heavy atom. The molecule has 0 radical (unpaired) electrons. The Morgan fingerprint density at radius 1 is 1.33 bits per heavy atom. The van der Waals surface area contributed by atoms with Crippen molar-refractivity contribution in [2.45, 2.75) is 25.5 Å². The number of para-hydroxylation sites is 1. The summed E-state index contributed by atoms with van der Waals surface area (Å²) in [5.74, 6) is -0.272. The van der Waals surface area contributed by atoms with Crippen molar-refractivity contribution in [1.82, 2.24) is 4.90 Å². The molecule has 142 valence electrons. The van der Waals surface area contributed by atoms with E-state index in [9.17, 15) is 20.0 Å². The third-order valence-corrected chi connectivity index (χ3v) is 4.79. The fourth-order valence-electron chi connectivity index (χ4n) is 3.06. The van der Waals surface area contributed by atoms with Crippen LogP contribution >= 0.6 is 11.6 Å². The van der Waals surface area contributed by atoms with E-state index in [0.717, 1.165) is 12.8 Å². The van der Waals surface area contributed by atoms with Gasteiger partial charge in [0.2, 0.25) is 0 Å². The molecule has 2 aromatic rings. The van der Waals surface area contributed by atoms with Gasteiger partial charge in [0.1, 0.15) is 5.75 Å². The van der Waals surface area contributed by atoms with Gasteiger partial charge in [-0.3, -0.25) is 14.9 Å².